The van der Waals surface area contributed by atoms with Crippen LogP contribution in [0.5, 0.6) is 0 Å². The van der Waals surface area contributed by atoms with Crippen molar-refractivity contribution >= 4 is 17.5 Å². The molecule has 2 N–H and O–H groups in total. The summed E-state index contributed by atoms with van der Waals surface area (Å²) < 4.78 is 1.70. The van der Waals surface area contributed by atoms with Gasteiger partial charge in [-0.2, -0.15) is 0 Å². The van der Waals surface area contributed by atoms with Crippen molar-refractivity contribution in [1.29, 1.82) is 0 Å². The van der Waals surface area contributed by atoms with Gasteiger partial charge in [-0.1, -0.05) is 18.6 Å². The van der Waals surface area contributed by atoms with Crippen LogP contribution in [0.15, 0.2) is 24.3 Å². The van der Waals surface area contributed by atoms with Crippen molar-refractivity contribution < 1.29 is 9.59 Å². The molecule has 24 heavy (non-hydrogen) atoms. The molecule has 126 valence electrons. The van der Waals surface area contributed by atoms with Crippen molar-refractivity contribution in [2.75, 3.05) is 5.32 Å². The molecule has 0 unspecified atom stereocenters. The predicted octanol–water partition coefficient (Wildman–Crippen LogP) is 2.07. The van der Waals surface area contributed by atoms with Crippen LogP contribution >= 0.6 is 0 Å². The van der Waals surface area contributed by atoms with Crippen LogP contribution in [0.25, 0.3) is 5.69 Å². The van der Waals surface area contributed by atoms with E-state index < -0.39 is 0 Å². The largest absolute Gasteiger partial charge is 0.348 e. The highest BCUT2D eigenvalue weighted by Gasteiger charge is 2.27. The molecule has 1 aromatic carbocycles. The molecule has 0 saturated heterocycles. The Balaban J connectivity index is 1.87. The van der Waals surface area contributed by atoms with E-state index in [0.717, 1.165) is 36.3 Å². The SMILES string of the molecule is CCCc1c(C(=O)NC2CC2)nnn1-c1ccc(NC(C)=O)cc1. The average molecular weight is 327 g/mol. The first-order valence-corrected chi connectivity index (χ1v) is 8.22. The van der Waals surface area contributed by atoms with Gasteiger partial charge in [-0.05, 0) is 43.5 Å². The molecule has 1 fully saturated rings. The van der Waals surface area contributed by atoms with Gasteiger partial charge in [-0.3, -0.25) is 9.59 Å². The Labute approximate surface area is 140 Å². The first kappa shape index (κ1) is 16.2. The highest BCUT2D eigenvalue weighted by molar-refractivity contribution is 5.93. The molecule has 7 nitrogen and oxygen atoms in total. The van der Waals surface area contributed by atoms with Crippen LogP contribution in [0.1, 0.15) is 49.3 Å². The molecule has 7 heteroatoms. The quantitative estimate of drug-likeness (QED) is 0.850. The monoisotopic (exact) mass is 327 g/mol. The summed E-state index contributed by atoms with van der Waals surface area (Å²) in [5.41, 5.74) is 2.73. The normalized spacial score (nSPS) is 13.6. The van der Waals surface area contributed by atoms with Gasteiger partial charge in [0.05, 0.1) is 11.4 Å². The summed E-state index contributed by atoms with van der Waals surface area (Å²) in [6.45, 7) is 3.52. The lowest BCUT2D eigenvalue weighted by Gasteiger charge is -2.08. The molecule has 2 amide bonds. The Morgan fingerprint density at radius 1 is 1.25 bits per heavy atom. The lowest BCUT2D eigenvalue weighted by Crippen LogP contribution is -2.27. The fourth-order valence-corrected chi connectivity index (χ4v) is 2.52. The second kappa shape index (κ2) is 6.82. The van der Waals surface area contributed by atoms with E-state index in [2.05, 4.69) is 27.9 Å². The Kier molecular flexibility index (Phi) is 4.59. The number of anilines is 1. The first-order chi connectivity index (χ1) is 11.6. The van der Waals surface area contributed by atoms with Crippen LogP contribution < -0.4 is 10.6 Å². The van der Waals surface area contributed by atoms with E-state index >= 15 is 0 Å². The molecule has 0 atom stereocenters. The van der Waals surface area contributed by atoms with E-state index in [1.165, 1.54) is 6.92 Å². The highest BCUT2D eigenvalue weighted by Crippen LogP contribution is 2.21. The standard InChI is InChI=1S/C17H21N5O2/c1-3-4-15-16(17(24)19-13-5-6-13)20-21-22(15)14-9-7-12(8-10-14)18-11(2)23/h7-10,13H,3-6H2,1-2H3,(H,18,23)(H,19,24). The van der Waals surface area contributed by atoms with Crippen molar-refractivity contribution in [3.63, 3.8) is 0 Å². The third-order valence-corrected chi connectivity index (χ3v) is 3.81. The van der Waals surface area contributed by atoms with Gasteiger partial charge in [-0.25, -0.2) is 4.68 Å². The molecule has 0 bridgehead atoms. The number of amides is 2. The Bertz CT molecular complexity index is 747. The fraction of sp³-hybridized carbons (Fsp3) is 0.412. The topological polar surface area (TPSA) is 88.9 Å². The second-order valence-electron chi connectivity index (χ2n) is 6.02. The van der Waals surface area contributed by atoms with E-state index in [9.17, 15) is 9.59 Å². The van der Waals surface area contributed by atoms with Crippen LogP contribution in [-0.4, -0.2) is 32.9 Å². The summed E-state index contributed by atoms with van der Waals surface area (Å²) in [5, 5.41) is 13.9. The number of benzene rings is 1. The number of nitrogens with one attached hydrogen (secondary N) is 2. The van der Waals surface area contributed by atoms with Crippen LogP contribution in [0.4, 0.5) is 5.69 Å². The van der Waals surface area contributed by atoms with Gasteiger partial charge in [0.25, 0.3) is 5.91 Å². The summed E-state index contributed by atoms with van der Waals surface area (Å²) >= 11 is 0. The first-order valence-electron chi connectivity index (χ1n) is 8.22. The fourth-order valence-electron chi connectivity index (χ4n) is 2.52. The third-order valence-electron chi connectivity index (χ3n) is 3.81. The van der Waals surface area contributed by atoms with E-state index in [1.807, 2.05) is 12.1 Å². The van der Waals surface area contributed by atoms with Gasteiger partial charge < -0.3 is 10.6 Å². The zero-order valence-corrected chi connectivity index (χ0v) is 13.9. The number of nitrogens with zero attached hydrogens (tertiary/aromatic N) is 3. The predicted molar refractivity (Wildman–Crippen MR) is 90.1 cm³/mol. The molecule has 0 radical (unpaired) electrons. The number of aromatic nitrogens is 3. The van der Waals surface area contributed by atoms with E-state index in [4.69, 9.17) is 0 Å². The second-order valence-corrected chi connectivity index (χ2v) is 6.02. The maximum atomic E-state index is 12.3. The Morgan fingerprint density at radius 2 is 1.96 bits per heavy atom. The summed E-state index contributed by atoms with van der Waals surface area (Å²) in [5.74, 6) is -0.267. The summed E-state index contributed by atoms with van der Waals surface area (Å²) in [6, 6.07) is 7.59. The molecular weight excluding hydrogens is 306 g/mol. The van der Waals surface area contributed by atoms with Crippen molar-refractivity contribution in [3.8, 4) is 5.69 Å². The summed E-state index contributed by atoms with van der Waals surface area (Å²) in [7, 11) is 0. The summed E-state index contributed by atoms with van der Waals surface area (Å²) in [6.07, 6.45) is 3.68. The molecule has 1 aliphatic carbocycles. The number of hydrogen-bond acceptors (Lipinski definition) is 4. The van der Waals surface area contributed by atoms with Crippen molar-refractivity contribution in [2.24, 2.45) is 0 Å². The molecular formula is C17H21N5O2. The van der Waals surface area contributed by atoms with Gasteiger partial charge in [0, 0.05) is 18.7 Å². The van der Waals surface area contributed by atoms with Crippen LogP contribution in [-0.2, 0) is 11.2 Å². The van der Waals surface area contributed by atoms with Gasteiger partial charge >= 0.3 is 0 Å². The van der Waals surface area contributed by atoms with Crippen molar-refractivity contribution in [2.45, 2.75) is 45.6 Å². The Hall–Kier alpha value is -2.70. The minimum absolute atomic E-state index is 0.116. The summed E-state index contributed by atoms with van der Waals surface area (Å²) in [4.78, 5) is 23.4. The Morgan fingerprint density at radius 3 is 2.54 bits per heavy atom. The third kappa shape index (κ3) is 3.61. The van der Waals surface area contributed by atoms with Crippen LogP contribution in [0.2, 0.25) is 0 Å². The number of carbonyl (C=O) groups excluding carboxylic acids is 2. The molecule has 1 saturated carbocycles. The lowest BCUT2D eigenvalue weighted by atomic mass is 10.2. The number of rotatable bonds is 6. The molecule has 2 aromatic rings. The smallest absolute Gasteiger partial charge is 0.273 e. The van der Waals surface area contributed by atoms with E-state index in [0.29, 0.717) is 12.1 Å². The van der Waals surface area contributed by atoms with Gasteiger partial charge in [0.1, 0.15) is 0 Å². The molecule has 1 heterocycles. The molecule has 0 spiro atoms. The van der Waals surface area contributed by atoms with Gasteiger partial charge in [0.2, 0.25) is 5.91 Å². The van der Waals surface area contributed by atoms with Crippen LogP contribution in [0, 0.1) is 0 Å². The van der Waals surface area contributed by atoms with E-state index in [-0.39, 0.29) is 17.9 Å². The van der Waals surface area contributed by atoms with E-state index in [1.54, 1.807) is 16.8 Å². The minimum Gasteiger partial charge on any atom is -0.348 e. The molecule has 1 aromatic heterocycles. The molecule has 0 aliphatic heterocycles. The maximum absolute atomic E-state index is 12.3. The molecule has 3 rings (SSSR count). The van der Waals surface area contributed by atoms with Crippen molar-refractivity contribution in [3.05, 3.63) is 35.7 Å². The molecule has 1 aliphatic rings. The van der Waals surface area contributed by atoms with Gasteiger partial charge in [-0.15, -0.1) is 5.10 Å². The number of carbonyl (C=O) groups is 2. The van der Waals surface area contributed by atoms with Gasteiger partial charge in [0.15, 0.2) is 5.69 Å². The minimum atomic E-state index is -0.151. The zero-order chi connectivity index (χ0) is 17.1. The average Bonchev–Trinajstić information content (AvgIpc) is 3.26. The van der Waals surface area contributed by atoms with Crippen molar-refractivity contribution in [1.82, 2.24) is 20.3 Å². The number of hydrogen-bond donors (Lipinski definition) is 2. The highest BCUT2D eigenvalue weighted by atomic mass is 16.2. The van der Waals surface area contributed by atoms with Crippen LogP contribution in [0.3, 0.4) is 0 Å². The zero-order valence-electron chi connectivity index (χ0n) is 13.9. The maximum Gasteiger partial charge on any atom is 0.273 e. The lowest BCUT2D eigenvalue weighted by molar-refractivity contribution is -0.114.